The predicted octanol–water partition coefficient (Wildman–Crippen LogP) is 2.60. The molecule has 0 saturated carbocycles. The summed E-state index contributed by atoms with van der Waals surface area (Å²) in [5.41, 5.74) is 8.30. The summed E-state index contributed by atoms with van der Waals surface area (Å²) in [6, 6.07) is 14.2. The van der Waals surface area contributed by atoms with Crippen LogP contribution in [0.25, 0.3) is 0 Å². The van der Waals surface area contributed by atoms with Crippen LogP contribution in [0.2, 0.25) is 0 Å². The van der Waals surface area contributed by atoms with Crippen molar-refractivity contribution in [3.8, 4) is 0 Å². The molecule has 1 amide bonds. The van der Waals surface area contributed by atoms with Gasteiger partial charge in [-0.2, -0.15) is 0 Å². The van der Waals surface area contributed by atoms with Crippen LogP contribution in [0, 0.1) is 5.92 Å². The van der Waals surface area contributed by atoms with E-state index in [1.807, 2.05) is 6.07 Å². The van der Waals surface area contributed by atoms with Crippen molar-refractivity contribution < 1.29 is 4.79 Å². The molecule has 6 heteroatoms. The Morgan fingerprint density at radius 2 is 2.12 bits per heavy atom. The highest BCUT2D eigenvalue weighted by Crippen LogP contribution is 2.22. The van der Waals surface area contributed by atoms with Crippen molar-refractivity contribution in [3.63, 3.8) is 0 Å². The number of likely N-dealkylation sites (tertiary alicyclic amines) is 1. The summed E-state index contributed by atoms with van der Waals surface area (Å²) in [6.45, 7) is 5.50. The number of carbonyl (C=O) groups excluding carboxylic acids is 1. The molecule has 2 unspecified atom stereocenters. The Hall–Kier alpha value is -1.95. The monoisotopic (exact) mass is 374 g/mol. The van der Waals surface area contributed by atoms with Gasteiger partial charge < -0.3 is 11.1 Å². The highest BCUT2D eigenvalue weighted by Gasteiger charge is 2.28. The Morgan fingerprint density at radius 3 is 2.85 bits per heavy atom. The van der Waals surface area contributed by atoms with Crippen LogP contribution >= 0.6 is 12.4 Å². The lowest BCUT2D eigenvalue weighted by Gasteiger charge is -2.22. The van der Waals surface area contributed by atoms with Gasteiger partial charge in [0.1, 0.15) is 0 Å². The molecule has 1 aliphatic rings. The first kappa shape index (κ1) is 20.4. The maximum atomic E-state index is 12.5. The van der Waals surface area contributed by atoms with Gasteiger partial charge in [-0.3, -0.25) is 14.7 Å². The van der Waals surface area contributed by atoms with Crippen LogP contribution in [0.4, 0.5) is 0 Å². The smallest absolute Gasteiger partial charge is 0.251 e. The van der Waals surface area contributed by atoms with Crippen LogP contribution in [0.1, 0.15) is 35.0 Å². The summed E-state index contributed by atoms with van der Waals surface area (Å²) < 4.78 is 0. The second kappa shape index (κ2) is 9.67. The Morgan fingerprint density at radius 1 is 1.35 bits per heavy atom. The maximum Gasteiger partial charge on any atom is 0.251 e. The third-order valence-electron chi connectivity index (χ3n) is 4.91. The summed E-state index contributed by atoms with van der Waals surface area (Å²) in [7, 11) is 0. The molecule has 1 fully saturated rings. The standard InChI is InChI=1S/C20H26N4O.ClH/c1-15(23-20(25)17-7-9-22-19(11-17)12-21)18-8-10-24(14-18)13-16-5-3-2-4-6-16;/h2-7,9,11,15,18H,8,10,12-14,21H2,1H3,(H,23,25);1H. The lowest BCUT2D eigenvalue weighted by molar-refractivity contribution is 0.0926. The summed E-state index contributed by atoms with van der Waals surface area (Å²) in [5.74, 6) is 0.426. The largest absolute Gasteiger partial charge is 0.349 e. The van der Waals surface area contributed by atoms with E-state index < -0.39 is 0 Å². The number of nitrogens with two attached hydrogens (primary N) is 1. The van der Waals surface area contributed by atoms with Crippen molar-refractivity contribution >= 4 is 18.3 Å². The molecule has 3 rings (SSSR count). The number of pyridine rings is 1. The molecule has 0 spiro atoms. The van der Waals surface area contributed by atoms with Gasteiger partial charge in [0.2, 0.25) is 0 Å². The van der Waals surface area contributed by atoms with Crippen LogP contribution in [-0.2, 0) is 13.1 Å². The van der Waals surface area contributed by atoms with Gasteiger partial charge in [-0.25, -0.2) is 0 Å². The number of halogens is 1. The zero-order valence-corrected chi connectivity index (χ0v) is 15.9. The molecule has 2 atom stereocenters. The van der Waals surface area contributed by atoms with Gasteiger partial charge in [0.15, 0.2) is 0 Å². The number of benzene rings is 1. The zero-order chi connectivity index (χ0) is 17.6. The molecule has 1 aromatic heterocycles. The van der Waals surface area contributed by atoms with Gasteiger partial charge >= 0.3 is 0 Å². The summed E-state index contributed by atoms with van der Waals surface area (Å²) in [6.07, 6.45) is 2.75. The fourth-order valence-electron chi connectivity index (χ4n) is 3.39. The van der Waals surface area contributed by atoms with E-state index in [-0.39, 0.29) is 24.4 Å². The molecule has 0 aliphatic carbocycles. The van der Waals surface area contributed by atoms with Crippen LogP contribution in [0.5, 0.6) is 0 Å². The van der Waals surface area contributed by atoms with E-state index in [1.54, 1.807) is 18.3 Å². The number of rotatable bonds is 6. The van der Waals surface area contributed by atoms with E-state index in [0.29, 0.717) is 18.0 Å². The van der Waals surface area contributed by atoms with E-state index in [0.717, 1.165) is 31.7 Å². The van der Waals surface area contributed by atoms with Gasteiger partial charge in [-0.15, -0.1) is 12.4 Å². The molecule has 2 heterocycles. The van der Waals surface area contributed by atoms with Crippen molar-refractivity contribution in [1.82, 2.24) is 15.2 Å². The van der Waals surface area contributed by atoms with Gasteiger partial charge in [-0.1, -0.05) is 30.3 Å². The molecule has 140 valence electrons. The maximum absolute atomic E-state index is 12.5. The average Bonchev–Trinajstić information content (AvgIpc) is 3.11. The van der Waals surface area contributed by atoms with Gasteiger partial charge in [-0.05, 0) is 43.5 Å². The van der Waals surface area contributed by atoms with E-state index in [2.05, 4.69) is 46.4 Å². The number of nitrogens with one attached hydrogen (secondary N) is 1. The minimum absolute atomic E-state index is 0. The number of nitrogens with zero attached hydrogens (tertiary/aromatic N) is 2. The fraction of sp³-hybridized carbons (Fsp3) is 0.400. The molecular formula is C20H27ClN4O. The minimum Gasteiger partial charge on any atom is -0.349 e. The lowest BCUT2D eigenvalue weighted by Crippen LogP contribution is -2.39. The number of aromatic nitrogens is 1. The van der Waals surface area contributed by atoms with Gasteiger partial charge in [0.05, 0.1) is 5.69 Å². The van der Waals surface area contributed by atoms with Gasteiger partial charge in [0.25, 0.3) is 5.91 Å². The van der Waals surface area contributed by atoms with Crippen LogP contribution in [0.3, 0.4) is 0 Å². The predicted molar refractivity (Wildman–Crippen MR) is 106 cm³/mol. The molecule has 2 aromatic rings. The van der Waals surface area contributed by atoms with E-state index in [4.69, 9.17) is 5.73 Å². The number of amides is 1. The Labute approximate surface area is 161 Å². The Balaban J connectivity index is 0.00000243. The van der Waals surface area contributed by atoms with Crippen LogP contribution < -0.4 is 11.1 Å². The van der Waals surface area contributed by atoms with Crippen LogP contribution in [0.15, 0.2) is 48.7 Å². The summed E-state index contributed by atoms with van der Waals surface area (Å²) in [4.78, 5) is 19.1. The average molecular weight is 375 g/mol. The van der Waals surface area contributed by atoms with Crippen molar-refractivity contribution in [1.29, 1.82) is 0 Å². The third kappa shape index (κ3) is 5.27. The summed E-state index contributed by atoms with van der Waals surface area (Å²) >= 11 is 0. The van der Waals surface area contributed by atoms with Crippen molar-refractivity contribution in [2.45, 2.75) is 32.5 Å². The quantitative estimate of drug-likeness (QED) is 0.815. The molecule has 1 aromatic carbocycles. The van der Waals surface area contributed by atoms with E-state index >= 15 is 0 Å². The Kier molecular flexibility index (Phi) is 7.57. The SMILES string of the molecule is CC(NC(=O)c1ccnc(CN)c1)C1CCN(Cc2ccccc2)C1.Cl. The molecule has 1 aliphatic heterocycles. The third-order valence-corrected chi connectivity index (χ3v) is 4.91. The number of hydrogen-bond donors (Lipinski definition) is 2. The first-order chi connectivity index (χ1) is 12.2. The van der Waals surface area contributed by atoms with Crippen molar-refractivity contribution in [2.24, 2.45) is 11.7 Å². The zero-order valence-electron chi connectivity index (χ0n) is 15.1. The van der Waals surface area contributed by atoms with E-state index in [1.165, 1.54) is 5.56 Å². The highest BCUT2D eigenvalue weighted by atomic mass is 35.5. The molecular weight excluding hydrogens is 348 g/mol. The fourth-order valence-corrected chi connectivity index (χ4v) is 3.39. The first-order valence-corrected chi connectivity index (χ1v) is 8.88. The molecule has 3 N–H and O–H groups in total. The molecule has 5 nitrogen and oxygen atoms in total. The van der Waals surface area contributed by atoms with E-state index in [9.17, 15) is 4.79 Å². The Bertz CT molecular complexity index is 710. The normalized spacial score (nSPS) is 18.2. The van der Waals surface area contributed by atoms with Crippen molar-refractivity contribution in [2.75, 3.05) is 13.1 Å². The molecule has 1 saturated heterocycles. The minimum atomic E-state index is -0.0499. The van der Waals surface area contributed by atoms with Crippen molar-refractivity contribution in [3.05, 3.63) is 65.5 Å². The highest BCUT2D eigenvalue weighted by molar-refractivity contribution is 5.94. The second-order valence-electron chi connectivity index (χ2n) is 6.77. The second-order valence-corrected chi connectivity index (χ2v) is 6.77. The lowest BCUT2D eigenvalue weighted by atomic mass is 10.00. The summed E-state index contributed by atoms with van der Waals surface area (Å²) in [5, 5.41) is 3.14. The molecule has 26 heavy (non-hydrogen) atoms. The van der Waals surface area contributed by atoms with Gasteiger partial charge in [0, 0.05) is 37.4 Å². The first-order valence-electron chi connectivity index (χ1n) is 8.88. The van der Waals surface area contributed by atoms with Crippen LogP contribution in [-0.4, -0.2) is 34.9 Å². The molecule has 0 radical (unpaired) electrons. The number of carbonyl (C=O) groups is 1. The number of hydrogen-bond acceptors (Lipinski definition) is 4. The topological polar surface area (TPSA) is 71.2 Å². The molecule has 0 bridgehead atoms.